The number of benzene rings is 5. The Kier molecular flexibility index (Phi) is 11.7. The fourth-order valence-electron chi connectivity index (χ4n) is 7.11. The Morgan fingerprint density at radius 2 is 1.27 bits per heavy atom. The minimum absolute atomic E-state index is 0.0808. The molecule has 6 rings (SSSR count). The van der Waals surface area contributed by atoms with Crippen molar-refractivity contribution in [3.63, 3.8) is 0 Å². The second-order valence-corrected chi connectivity index (χ2v) is 14.3. The van der Waals surface area contributed by atoms with Crippen molar-refractivity contribution in [3.05, 3.63) is 178 Å². The number of rotatable bonds is 15. The molecule has 0 aliphatic carbocycles. The first kappa shape index (κ1) is 34.3. The maximum absolute atomic E-state index is 14.5. The highest BCUT2D eigenvalue weighted by atomic mass is 32.2. The number of carbonyl (C=O) groups excluding carboxylic acids is 1. The van der Waals surface area contributed by atoms with Gasteiger partial charge in [-0.25, -0.2) is 4.79 Å². The first-order valence-corrected chi connectivity index (χ1v) is 18.5. The van der Waals surface area contributed by atoms with E-state index in [1.54, 1.807) is 11.8 Å². The number of ether oxygens (including phenoxy) is 1. The third-order valence-electron chi connectivity index (χ3n) is 9.54. The largest absolute Gasteiger partial charge is 0.455 e. The van der Waals surface area contributed by atoms with Gasteiger partial charge in [-0.2, -0.15) is 0 Å². The van der Waals surface area contributed by atoms with Crippen LogP contribution in [-0.2, 0) is 29.0 Å². The molecule has 3 nitrogen and oxygen atoms in total. The fraction of sp³-hybridized carbons (Fsp3) is 0.267. The van der Waals surface area contributed by atoms with E-state index in [-0.39, 0.29) is 11.9 Å². The first-order valence-electron chi connectivity index (χ1n) is 17.7. The van der Waals surface area contributed by atoms with E-state index in [2.05, 4.69) is 158 Å². The summed E-state index contributed by atoms with van der Waals surface area (Å²) in [7, 11) is 0. The number of carbonyl (C=O) groups is 1. The van der Waals surface area contributed by atoms with E-state index in [1.165, 1.54) is 16.7 Å². The van der Waals surface area contributed by atoms with Gasteiger partial charge in [0, 0.05) is 40.9 Å². The Balaban J connectivity index is 1.37. The lowest BCUT2D eigenvalue weighted by atomic mass is 9.80. The average molecular weight is 666 g/mol. The van der Waals surface area contributed by atoms with Crippen LogP contribution in [0.25, 0.3) is 0 Å². The summed E-state index contributed by atoms with van der Waals surface area (Å²) in [6.07, 6.45) is 5.03. The van der Waals surface area contributed by atoms with Crippen LogP contribution < -0.4 is 4.90 Å². The highest BCUT2D eigenvalue weighted by Crippen LogP contribution is 2.48. The molecule has 0 unspecified atom stereocenters. The van der Waals surface area contributed by atoms with Gasteiger partial charge in [-0.15, -0.1) is 0 Å². The molecule has 1 aliphatic heterocycles. The smallest absolute Gasteiger partial charge is 0.336 e. The molecule has 0 saturated carbocycles. The Hall–Kier alpha value is -4.54. The van der Waals surface area contributed by atoms with Crippen LogP contribution in [0.5, 0.6) is 0 Å². The number of thioether (sulfide) groups is 1. The number of esters is 1. The molecule has 0 radical (unpaired) electrons. The third-order valence-corrected chi connectivity index (χ3v) is 10.7. The van der Waals surface area contributed by atoms with Gasteiger partial charge in [-0.1, -0.05) is 153 Å². The molecule has 0 aromatic heterocycles. The monoisotopic (exact) mass is 665 g/mol. The number of hydrogen-bond acceptors (Lipinski definition) is 4. The molecule has 0 fully saturated rings. The van der Waals surface area contributed by atoms with Gasteiger partial charge in [0.25, 0.3) is 0 Å². The summed E-state index contributed by atoms with van der Waals surface area (Å²) in [5.74, 6) is -0.239. The van der Waals surface area contributed by atoms with Crippen LogP contribution in [0.2, 0.25) is 0 Å². The number of nitrogens with zero attached hydrogens (tertiary/aromatic N) is 1. The molecular weight excluding hydrogens is 619 g/mol. The van der Waals surface area contributed by atoms with Crippen LogP contribution in [0.3, 0.4) is 0 Å². The topological polar surface area (TPSA) is 29.5 Å². The van der Waals surface area contributed by atoms with Crippen molar-refractivity contribution in [2.45, 2.75) is 81.9 Å². The van der Waals surface area contributed by atoms with E-state index in [4.69, 9.17) is 4.74 Å². The standard InChI is InChI=1S/C45H47NO2S/c1-3-29-45(30-28-35-18-9-5-10-19-35)32-42(49-40-26-15-8-16-27-40)43(44(47)48-45)41(4-2)38-24-17-25-39(31-38)46(33-36-20-11-6-12-21-36)34-37-22-13-7-14-23-37/h5-27,31,41H,3-4,28-30,32-34H2,1-2H3/t41-,45+/m0/s1. The van der Waals surface area contributed by atoms with Gasteiger partial charge < -0.3 is 9.64 Å². The summed E-state index contributed by atoms with van der Waals surface area (Å²) in [4.78, 5) is 19.2. The lowest BCUT2D eigenvalue weighted by Crippen LogP contribution is -2.41. The predicted molar refractivity (Wildman–Crippen MR) is 205 cm³/mol. The molecule has 250 valence electrons. The zero-order valence-electron chi connectivity index (χ0n) is 28.8. The normalized spacial score (nSPS) is 16.7. The van der Waals surface area contributed by atoms with E-state index >= 15 is 0 Å². The molecule has 1 aliphatic rings. The molecule has 49 heavy (non-hydrogen) atoms. The number of cyclic esters (lactones) is 1. The molecule has 0 saturated heterocycles. The zero-order chi connectivity index (χ0) is 33.9. The van der Waals surface area contributed by atoms with Crippen LogP contribution in [0.4, 0.5) is 5.69 Å². The maximum atomic E-state index is 14.5. The van der Waals surface area contributed by atoms with Crippen molar-refractivity contribution in [3.8, 4) is 0 Å². The molecule has 5 aromatic rings. The molecule has 1 heterocycles. The Morgan fingerprint density at radius 1 is 0.694 bits per heavy atom. The van der Waals surface area contributed by atoms with E-state index in [0.29, 0.717) is 0 Å². The highest BCUT2D eigenvalue weighted by Gasteiger charge is 2.43. The van der Waals surface area contributed by atoms with Crippen molar-refractivity contribution < 1.29 is 9.53 Å². The summed E-state index contributed by atoms with van der Waals surface area (Å²) in [6.45, 7) is 5.96. The summed E-state index contributed by atoms with van der Waals surface area (Å²) in [5.41, 5.74) is 6.39. The second-order valence-electron chi connectivity index (χ2n) is 13.1. The maximum Gasteiger partial charge on any atom is 0.336 e. The molecular formula is C45H47NO2S. The van der Waals surface area contributed by atoms with Crippen molar-refractivity contribution in [2.24, 2.45) is 0 Å². The molecule has 5 aromatic carbocycles. The quantitative estimate of drug-likeness (QED) is 0.104. The summed E-state index contributed by atoms with van der Waals surface area (Å²) in [6, 6.07) is 51.2. The van der Waals surface area contributed by atoms with Crippen LogP contribution in [0.15, 0.2) is 161 Å². The van der Waals surface area contributed by atoms with Gasteiger partial charge in [0.2, 0.25) is 0 Å². The van der Waals surface area contributed by atoms with E-state index in [1.807, 2.05) is 6.07 Å². The van der Waals surface area contributed by atoms with Crippen LogP contribution >= 0.6 is 11.8 Å². The summed E-state index contributed by atoms with van der Waals surface area (Å²) in [5, 5.41) is 0. The lowest BCUT2D eigenvalue weighted by molar-refractivity contribution is -0.159. The average Bonchev–Trinajstić information content (AvgIpc) is 3.14. The first-order chi connectivity index (χ1) is 24.1. The van der Waals surface area contributed by atoms with Crippen molar-refractivity contribution in [2.75, 3.05) is 4.90 Å². The summed E-state index contributed by atoms with van der Waals surface area (Å²) >= 11 is 1.75. The van der Waals surface area contributed by atoms with E-state index in [0.717, 1.165) is 78.2 Å². The zero-order valence-corrected chi connectivity index (χ0v) is 29.6. The van der Waals surface area contributed by atoms with E-state index in [9.17, 15) is 4.79 Å². The second kappa shape index (κ2) is 16.7. The van der Waals surface area contributed by atoms with E-state index < -0.39 is 5.60 Å². The Bertz CT molecular complexity index is 1770. The van der Waals surface area contributed by atoms with Crippen molar-refractivity contribution >= 4 is 23.4 Å². The SMILES string of the molecule is CCC[C@@]1(CCc2ccccc2)CC(Sc2ccccc2)=C([C@@H](CC)c2cccc(N(Cc3ccccc3)Cc3ccccc3)c2)C(=O)O1. The molecule has 0 bridgehead atoms. The minimum atomic E-state index is -0.523. The van der Waals surface area contributed by atoms with Gasteiger partial charge >= 0.3 is 5.97 Å². The van der Waals surface area contributed by atoms with Gasteiger partial charge in [0.05, 0.1) is 5.57 Å². The third kappa shape index (κ3) is 8.93. The molecule has 4 heteroatoms. The van der Waals surface area contributed by atoms with Gasteiger partial charge in [-0.05, 0) is 72.2 Å². The van der Waals surface area contributed by atoms with Crippen LogP contribution in [0, 0.1) is 0 Å². The number of aryl methyl sites for hydroxylation is 1. The van der Waals surface area contributed by atoms with Gasteiger partial charge in [0.1, 0.15) is 5.60 Å². The van der Waals surface area contributed by atoms with Crippen LogP contribution in [0.1, 0.15) is 74.1 Å². The predicted octanol–water partition coefficient (Wildman–Crippen LogP) is 11.6. The van der Waals surface area contributed by atoms with Crippen molar-refractivity contribution in [1.29, 1.82) is 0 Å². The highest BCUT2D eigenvalue weighted by molar-refractivity contribution is 8.03. The Labute approximate surface area is 297 Å². The van der Waals surface area contributed by atoms with Gasteiger partial charge in [-0.3, -0.25) is 0 Å². The summed E-state index contributed by atoms with van der Waals surface area (Å²) < 4.78 is 6.64. The minimum Gasteiger partial charge on any atom is -0.455 e. The van der Waals surface area contributed by atoms with Crippen LogP contribution in [-0.4, -0.2) is 11.6 Å². The van der Waals surface area contributed by atoms with Gasteiger partial charge in [0.15, 0.2) is 0 Å². The molecule has 0 spiro atoms. The Morgan fingerprint density at radius 3 is 1.84 bits per heavy atom. The molecule has 2 atom stereocenters. The molecule has 0 N–H and O–H groups in total. The number of hydrogen-bond donors (Lipinski definition) is 0. The van der Waals surface area contributed by atoms with Crippen molar-refractivity contribution in [1.82, 2.24) is 0 Å². The fourth-order valence-corrected chi connectivity index (χ4v) is 8.36. The molecule has 0 amide bonds. The lowest BCUT2D eigenvalue weighted by Gasteiger charge is -2.40. The number of anilines is 1.